The zero-order valence-corrected chi connectivity index (χ0v) is 12.0. The van der Waals surface area contributed by atoms with E-state index in [0.29, 0.717) is 22.2 Å². The molecule has 6 heteroatoms. The Bertz CT molecular complexity index is 684. The molecule has 0 fully saturated rings. The van der Waals surface area contributed by atoms with Crippen LogP contribution in [0.15, 0.2) is 30.5 Å². The summed E-state index contributed by atoms with van der Waals surface area (Å²) in [6.45, 7) is 1.60. The van der Waals surface area contributed by atoms with Crippen molar-refractivity contribution in [1.29, 1.82) is 0 Å². The molecule has 2 aromatic rings. The maximum atomic E-state index is 11.8. The summed E-state index contributed by atoms with van der Waals surface area (Å²) in [5, 5.41) is 3.91. The van der Waals surface area contributed by atoms with Gasteiger partial charge in [-0.25, -0.2) is 4.79 Å². The van der Waals surface area contributed by atoms with Gasteiger partial charge in [-0.15, -0.1) is 0 Å². The maximum absolute atomic E-state index is 11.8. The molecule has 110 valence electrons. The summed E-state index contributed by atoms with van der Waals surface area (Å²) >= 11 is 0. The quantitative estimate of drug-likeness (QED) is 0.863. The Morgan fingerprint density at radius 3 is 2.67 bits per heavy atom. The predicted octanol–water partition coefficient (Wildman–Crippen LogP) is 1.53. The number of hydrogen-bond donors (Lipinski definition) is 1. The van der Waals surface area contributed by atoms with Gasteiger partial charge < -0.3 is 14.8 Å². The Kier molecular flexibility index (Phi) is 4.37. The van der Waals surface area contributed by atoms with Crippen molar-refractivity contribution in [2.75, 3.05) is 14.2 Å². The monoisotopic (exact) mass is 288 g/mol. The lowest BCUT2D eigenvalue weighted by Gasteiger charge is -2.15. The van der Waals surface area contributed by atoms with E-state index in [1.165, 1.54) is 13.3 Å². The average Bonchev–Trinajstić information content (AvgIpc) is 2.53. The van der Waals surface area contributed by atoms with Gasteiger partial charge in [0.1, 0.15) is 11.4 Å². The summed E-state index contributed by atoms with van der Waals surface area (Å²) in [5.74, 6) is -0.246. The van der Waals surface area contributed by atoms with Gasteiger partial charge in [0.15, 0.2) is 6.10 Å². The lowest BCUT2D eigenvalue weighted by molar-refractivity contribution is -0.147. The summed E-state index contributed by atoms with van der Waals surface area (Å²) in [4.78, 5) is 27.4. The highest BCUT2D eigenvalue weighted by atomic mass is 16.6. The number of esters is 1. The molecule has 0 aliphatic carbocycles. The summed E-state index contributed by atoms with van der Waals surface area (Å²) in [7, 11) is 2.85. The van der Waals surface area contributed by atoms with Crippen molar-refractivity contribution in [3.05, 3.63) is 36.2 Å². The topological polar surface area (TPSA) is 77.5 Å². The molecule has 0 spiro atoms. The molecule has 0 radical (unpaired) electrons. The highest BCUT2D eigenvalue weighted by molar-refractivity contribution is 6.06. The number of fused-ring (bicyclic) bond motifs is 1. The SMILES string of the molecule is CNC(=O)c1nccc2c(O[C@@H](C)C(=O)OC)cccc12. The number of hydrogen-bond acceptors (Lipinski definition) is 5. The van der Waals surface area contributed by atoms with E-state index >= 15 is 0 Å². The van der Waals surface area contributed by atoms with Gasteiger partial charge in [0, 0.05) is 24.0 Å². The van der Waals surface area contributed by atoms with Gasteiger partial charge in [0.05, 0.1) is 7.11 Å². The van der Waals surface area contributed by atoms with Crippen molar-refractivity contribution in [3.63, 3.8) is 0 Å². The first kappa shape index (κ1) is 14.8. The van der Waals surface area contributed by atoms with Crippen molar-refractivity contribution in [1.82, 2.24) is 10.3 Å². The number of amides is 1. The van der Waals surface area contributed by atoms with Crippen LogP contribution in [-0.2, 0) is 9.53 Å². The Balaban J connectivity index is 2.47. The number of pyridine rings is 1. The second-order valence-electron chi connectivity index (χ2n) is 4.37. The van der Waals surface area contributed by atoms with Gasteiger partial charge in [-0.2, -0.15) is 0 Å². The number of nitrogens with one attached hydrogen (secondary N) is 1. The molecule has 1 aromatic heterocycles. The van der Waals surface area contributed by atoms with Crippen LogP contribution in [0.5, 0.6) is 5.75 Å². The molecule has 0 bridgehead atoms. The number of benzene rings is 1. The standard InChI is InChI=1S/C15H16N2O4/c1-9(15(19)20-3)21-12-6-4-5-11-10(12)7-8-17-13(11)14(18)16-2/h4-9H,1-3H3,(H,16,18)/t9-/m0/s1. The molecule has 1 N–H and O–H groups in total. The van der Waals surface area contributed by atoms with Gasteiger partial charge in [-0.3, -0.25) is 9.78 Å². The normalized spacial score (nSPS) is 11.8. The minimum absolute atomic E-state index is 0.279. The summed E-state index contributed by atoms with van der Waals surface area (Å²) < 4.78 is 10.2. The molecule has 6 nitrogen and oxygen atoms in total. The molecular formula is C15H16N2O4. The van der Waals surface area contributed by atoms with Gasteiger partial charge >= 0.3 is 5.97 Å². The number of aromatic nitrogens is 1. The Morgan fingerprint density at radius 2 is 2.00 bits per heavy atom. The molecule has 0 saturated heterocycles. The number of ether oxygens (including phenoxy) is 2. The molecule has 2 rings (SSSR count). The van der Waals surface area contributed by atoms with Crippen LogP contribution in [0.4, 0.5) is 0 Å². The van der Waals surface area contributed by atoms with Crippen LogP contribution in [0.2, 0.25) is 0 Å². The summed E-state index contributed by atoms with van der Waals surface area (Å²) in [6, 6.07) is 6.99. The first-order valence-electron chi connectivity index (χ1n) is 6.42. The highest BCUT2D eigenvalue weighted by Crippen LogP contribution is 2.27. The number of rotatable bonds is 4. The molecule has 21 heavy (non-hydrogen) atoms. The molecule has 0 unspecified atom stereocenters. The van der Waals surface area contributed by atoms with E-state index in [2.05, 4.69) is 15.0 Å². The van der Waals surface area contributed by atoms with Crippen LogP contribution >= 0.6 is 0 Å². The van der Waals surface area contributed by atoms with Crippen LogP contribution in [0.3, 0.4) is 0 Å². The lowest BCUT2D eigenvalue weighted by atomic mass is 10.1. The van der Waals surface area contributed by atoms with Crippen molar-refractivity contribution in [2.45, 2.75) is 13.0 Å². The van der Waals surface area contributed by atoms with Gasteiger partial charge in [0.2, 0.25) is 0 Å². The Labute approximate surface area is 122 Å². The Morgan fingerprint density at radius 1 is 1.24 bits per heavy atom. The van der Waals surface area contributed by atoms with Crippen LogP contribution in [0.25, 0.3) is 10.8 Å². The second-order valence-corrected chi connectivity index (χ2v) is 4.37. The van der Waals surface area contributed by atoms with Crippen LogP contribution in [0.1, 0.15) is 17.4 Å². The van der Waals surface area contributed by atoms with E-state index in [9.17, 15) is 9.59 Å². The fourth-order valence-electron chi connectivity index (χ4n) is 1.98. The zero-order valence-electron chi connectivity index (χ0n) is 12.0. The number of methoxy groups -OCH3 is 1. The maximum Gasteiger partial charge on any atom is 0.346 e. The molecular weight excluding hydrogens is 272 g/mol. The van der Waals surface area contributed by atoms with Crippen molar-refractivity contribution < 1.29 is 19.1 Å². The van der Waals surface area contributed by atoms with Gasteiger partial charge in [-0.1, -0.05) is 12.1 Å². The Hall–Kier alpha value is -2.63. The number of carbonyl (C=O) groups is 2. The fourth-order valence-corrected chi connectivity index (χ4v) is 1.98. The third-order valence-corrected chi connectivity index (χ3v) is 3.05. The summed E-state index contributed by atoms with van der Waals surface area (Å²) in [6.07, 6.45) is 0.792. The van der Waals surface area contributed by atoms with E-state index in [1.807, 2.05) is 0 Å². The highest BCUT2D eigenvalue weighted by Gasteiger charge is 2.17. The lowest BCUT2D eigenvalue weighted by Crippen LogP contribution is -2.25. The molecule has 0 aliphatic rings. The molecule has 0 aliphatic heterocycles. The largest absolute Gasteiger partial charge is 0.478 e. The first-order valence-corrected chi connectivity index (χ1v) is 6.42. The molecule has 1 atom stereocenters. The van der Waals surface area contributed by atoms with Crippen molar-refractivity contribution >= 4 is 22.6 Å². The second kappa shape index (κ2) is 6.21. The van der Waals surface area contributed by atoms with E-state index < -0.39 is 12.1 Å². The van der Waals surface area contributed by atoms with Crippen molar-refractivity contribution in [3.8, 4) is 5.75 Å². The van der Waals surface area contributed by atoms with Gasteiger partial charge in [0.25, 0.3) is 5.91 Å². The van der Waals surface area contributed by atoms with Crippen LogP contribution in [0, 0.1) is 0 Å². The minimum atomic E-state index is -0.739. The first-order chi connectivity index (χ1) is 10.1. The molecule has 0 saturated carbocycles. The third-order valence-electron chi connectivity index (χ3n) is 3.05. The van der Waals surface area contributed by atoms with E-state index in [4.69, 9.17) is 4.74 Å². The fraction of sp³-hybridized carbons (Fsp3) is 0.267. The number of carbonyl (C=O) groups excluding carboxylic acids is 2. The summed E-state index contributed by atoms with van der Waals surface area (Å²) in [5.41, 5.74) is 0.311. The number of nitrogens with zero attached hydrogens (tertiary/aromatic N) is 1. The van der Waals surface area contributed by atoms with Crippen LogP contribution in [-0.4, -0.2) is 37.1 Å². The molecule has 1 aromatic carbocycles. The predicted molar refractivity (Wildman–Crippen MR) is 77.2 cm³/mol. The van der Waals surface area contributed by atoms with Crippen molar-refractivity contribution in [2.24, 2.45) is 0 Å². The molecule has 1 amide bonds. The van der Waals surface area contributed by atoms with E-state index in [-0.39, 0.29) is 5.91 Å². The third kappa shape index (κ3) is 2.94. The smallest absolute Gasteiger partial charge is 0.346 e. The molecule has 1 heterocycles. The van der Waals surface area contributed by atoms with Gasteiger partial charge in [-0.05, 0) is 19.1 Å². The minimum Gasteiger partial charge on any atom is -0.478 e. The van der Waals surface area contributed by atoms with E-state index in [1.54, 1.807) is 38.2 Å². The van der Waals surface area contributed by atoms with E-state index in [0.717, 1.165) is 0 Å². The zero-order chi connectivity index (χ0) is 15.4. The average molecular weight is 288 g/mol. The van der Waals surface area contributed by atoms with Crippen LogP contribution < -0.4 is 10.1 Å².